The Labute approximate surface area is 171 Å². The first-order chi connectivity index (χ1) is 13.5. The molecule has 3 N–H and O–H groups in total. The molecule has 2 rings (SSSR count). The van der Waals surface area contributed by atoms with Crippen LogP contribution in [0.4, 0.5) is 0 Å². The van der Waals surface area contributed by atoms with Gasteiger partial charge in [-0.3, -0.25) is 20.4 Å². The number of carbonyl (C=O) groups is 2. The van der Waals surface area contributed by atoms with Gasteiger partial charge in [-0.1, -0.05) is 50.6 Å². The zero-order valence-electron chi connectivity index (χ0n) is 17.1. The molecule has 0 aromatic heterocycles. The van der Waals surface area contributed by atoms with Crippen molar-refractivity contribution in [3.63, 3.8) is 0 Å². The first kappa shape index (κ1) is 22.6. The van der Waals surface area contributed by atoms with Gasteiger partial charge in [0.05, 0.1) is 4.90 Å². The number of rotatable bonds is 6. The van der Waals surface area contributed by atoms with Gasteiger partial charge in [0.15, 0.2) is 0 Å². The van der Waals surface area contributed by atoms with Crippen molar-refractivity contribution in [3.05, 3.63) is 65.2 Å². The number of carbonyl (C=O) groups excluding carboxylic acids is 2. The van der Waals surface area contributed by atoms with Crippen molar-refractivity contribution in [2.24, 2.45) is 0 Å². The minimum atomic E-state index is -3.68. The molecule has 0 aliphatic rings. The monoisotopic (exact) mass is 417 g/mol. The number of amides is 2. The third kappa shape index (κ3) is 6.69. The van der Waals surface area contributed by atoms with Crippen molar-refractivity contribution < 1.29 is 18.0 Å². The molecule has 0 aliphatic carbocycles. The summed E-state index contributed by atoms with van der Waals surface area (Å²) in [6, 6.07) is 13.5. The Morgan fingerprint density at radius 3 is 2.03 bits per heavy atom. The van der Waals surface area contributed by atoms with Crippen LogP contribution in [0.15, 0.2) is 53.4 Å². The number of sulfonamides is 1. The van der Waals surface area contributed by atoms with Gasteiger partial charge in [-0.25, -0.2) is 13.1 Å². The van der Waals surface area contributed by atoms with E-state index in [1.165, 1.54) is 12.1 Å². The number of benzene rings is 2. The van der Waals surface area contributed by atoms with Gasteiger partial charge >= 0.3 is 0 Å². The van der Waals surface area contributed by atoms with Crippen LogP contribution < -0.4 is 15.6 Å². The first-order valence-electron chi connectivity index (χ1n) is 9.25. The lowest BCUT2D eigenvalue weighted by atomic mass is 9.87. The van der Waals surface area contributed by atoms with E-state index in [4.69, 9.17) is 0 Å². The topological polar surface area (TPSA) is 104 Å². The predicted molar refractivity (Wildman–Crippen MR) is 112 cm³/mol. The zero-order valence-corrected chi connectivity index (χ0v) is 17.9. The molecule has 0 bridgehead atoms. The van der Waals surface area contributed by atoms with Crippen LogP contribution >= 0.6 is 0 Å². The molecule has 8 heteroatoms. The molecule has 156 valence electrons. The number of hydrogen-bond donors (Lipinski definition) is 3. The number of hydrogen-bond acceptors (Lipinski definition) is 4. The summed E-state index contributed by atoms with van der Waals surface area (Å²) in [7, 11) is -3.68. The molecule has 29 heavy (non-hydrogen) atoms. The Bertz CT molecular complexity index is 960. The van der Waals surface area contributed by atoms with Gasteiger partial charge in [-0.15, -0.1) is 0 Å². The van der Waals surface area contributed by atoms with Crippen LogP contribution in [0.5, 0.6) is 0 Å². The molecule has 7 nitrogen and oxygen atoms in total. The summed E-state index contributed by atoms with van der Waals surface area (Å²) in [6.07, 6.45) is -0.117. The predicted octanol–water partition coefficient (Wildman–Crippen LogP) is 2.42. The average molecular weight is 418 g/mol. The fourth-order valence-corrected chi connectivity index (χ4v) is 3.51. The Kier molecular flexibility index (Phi) is 7.16. The quantitative estimate of drug-likeness (QED) is 0.628. The van der Waals surface area contributed by atoms with E-state index in [1.54, 1.807) is 24.3 Å². The van der Waals surface area contributed by atoms with E-state index < -0.39 is 21.8 Å². The number of hydrazine groups is 1. The summed E-state index contributed by atoms with van der Waals surface area (Å²) in [5, 5.41) is 0. The maximum atomic E-state index is 12.2. The molecule has 2 aromatic rings. The van der Waals surface area contributed by atoms with E-state index in [2.05, 4.69) is 36.3 Å². The van der Waals surface area contributed by atoms with E-state index in [1.807, 2.05) is 19.1 Å². The highest BCUT2D eigenvalue weighted by atomic mass is 32.2. The van der Waals surface area contributed by atoms with E-state index in [0.717, 1.165) is 11.1 Å². The van der Waals surface area contributed by atoms with Crippen LogP contribution in [0.2, 0.25) is 0 Å². The van der Waals surface area contributed by atoms with Gasteiger partial charge in [-0.2, -0.15) is 0 Å². The molecule has 0 aliphatic heterocycles. The molecular weight excluding hydrogens is 390 g/mol. The molecule has 0 spiro atoms. The minimum absolute atomic E-state index is 0.0187. The Hall–Kier alpha value is -2.71. The lowest BCUT2D eigenvalue weighted by molar-refractivity contribution is -0.121. The molecule has 2 aromatic carbocycles. The summed E-state index contributed by atoms with van der Waals surface area (Å²) in [5.74, 6) is -0.949. The van der Waals surface area contributed by atoms with Crippen molar-refractivity contribution in [3.8, 4) is 0 Å². The van der Waals surface area contributed by atoms with Crippen LogP contribution in [0, 0.1) is 6.92 Å². The van der Waals surface area contributed by atoms with Crippen LogP contribution in [0.1, 0.15) is 48.7 Å². The summed E-state index contributed by atoms with van der Waals surface area (Å²) in [4.78, 5) is 24.1. The van der Waals surface area contributed by atoms with Crippen molar-refractivity contribution >= 4 is 21.8 Å². The van der Waals surface area contributed by atoms with Gasteiger partial charge in [-0.05, 0) is 42.2 Å². The maximum absolute atomic E-state index is 12.2. The highest BCUT2D eigenvalue weighted by Crippen LogP contribution is 2.22. The summed E-state index contributed by atoms with van der Waals surface area (Å²) < 4.78 is 26.7. The highest BCUT2D eigenvalue weighted by molar-refractivity contribution is 7.89. The van der Waals surface area contributed by atoms with Gasteiger partial charge < -0.3 is 0 Å². The molecule has 0 atom stereocenters. The fraction of sp³-hybridized carbons (Fsp3) is 0.333. The standard InChI is InChI=1S/C21H27N3O4S/c1-15-5-11-18(12-6-15)29(27,28)22-14-13-19(25)23-24-20(26)16-7-9-17(10-8-16)21(2,3)4/h5-12,22H,13-14H2,1-4H3,(H,23,25)(H,24,26). The number of aryl methyl sites for hydroxylation is 1. The Morgan fingerprint density at radius 2 is 1.48 bits per heavy atom. The highest BCUT2D eigenvalue weighted by Gasteiger charge is 2.16. The van der Waals surface area contributed by atoms with Crippen LogP contribution in [0.25, 0.3) is 0 Å². The Balaban J connectivity index is 1.79. The second-order valence-corrected chi connectivity index (χ2v) is 9.56. The molecule has 0 heterocycles. The first-order valence-corrected chi connectivity index (χ1v) is 10.7. The smallest absolute Gasteiger partial charge is 0.269 e. The molecule has 0 radical (unpaired) electrons. The summed E-state index contributed by atoms with van der Waals surface area (Å²) in [5.41, 5.74) is 7.06. The van der Waals surface area contributed by atoms with Gasteiger partial charge in [0.2, 0.25) is 15.9 Å². The van der Waals surface area contributed by atoms with E-state index in [9.17, 15) is 18.0 Å². The SMILES string of the molecule is Cc1ccc(S(=O)(=O)NCCC(=O)NNC(=O)c2ccc(C(C)(C)C)cc2)cc1. The van der Waals surface area contributed by atoms with Crippen molar-refractivity contribution in [2.75, 3.05) is 6.54 Å². The summed E-state index contributed by atoms with van der Waals surface area (Å²) >= 11 is 0. The summed E-state index contributed by atoms with van der Waals surface area (Å²) in [6.45, 7) is 8.01. The van der Waals surface area contributed by atoms with Crippen molar-refractivity contribution in [1.82, 2.24) is 15.6 Å². The molecule has 0 fully saturated rings. The van der Waals surface area contributed by atoms with Gasteiger partial charge in [0.25, 0.3) is 5.91 Å². The van der Waals surface area contributed by atoms with Crippen LogP contribution in [-0.4, -0.2) is 26.8 Å². The maximum Gasteiger partial charge on any atom is 0.269 e. The van der Waals surface area contributed by atoms with Crippen LogP contribution in [0.3, 0.4) is 0 Å². The van der Waals surface area contributed by atoms with Gasteiger partial charge in [0.1, 0.15) is 0 Å². The zero-order chi connectivity index (χ0) is 21.7. The van der Waals surface area contributed by atoms with E-state index >= 15 is 0 Å². The molecule has 0 saturated heterocycles. The van der Waals surface area contributed by atoms with E-state index in [-0.39, 0.29) is 23.3 Å². The lowest BCUT2D eigenvalue weighted by Crippen LogP contribution is -2.42. The second kappa shape index (κ2) is 9.19. The van der Waals surface area contributed by atoms with E-state index in [0.29, 0.717) is 5.56 Å². The van der Waals surface area contributed by atoms with Crippen molar-refractivity contribution in [2.45, 2.75) is 44.4 Å². The minimum Gasteiger partial charge on any atom is -0.273 e. The fourth-order valence-electron chi connectivity index (χ4n) is 2.48. The van der Waals surface area contributed by atoms with Gasteiger partial charge in [0, 0.05) is 18.5 Å². The Morgan fingerprint density at radius 1 is 0.897 bits per heavy atom. The van der Waals surface area contributed by atoms with Crippen molar-refractivity contribution in [1.29, 1.82) is 0 Å². The molecule has 0 unspecified atom stereocenters. The third-order valence-electron chi connectivity index (χ3n) is 4.30. The number of nitrogens with one attached hydrogen (secondary N) is 3. The molecule has 0 saturated carbocycles. The third-order valence-corrected chi connectivity index (χ3v) is 5.78. The van der Waals surface area contributed by atoms with Crippen LogP contribution in [-0.2, 0) is 20.2 Å². The largest absolute Gasteiger partial charge is 0.273 e. The molecule has 2 amide bonds. The normalized spacial score (nSPS) is 11.7. The average Bonchev–Trinajstić information content (AvgIpc) is 2.65. The lowest BCUT2D eigenvalue weighted by Gasteiger charge is -2.19. The molecular formula is C21H27N3O4S. The second-order valence-electron chi connectivity index (χ2n) is 7.79.